The van der Waals surface area contributed by atoms with Crippen LogP contribution in [0.3, 0.4) is 0 Å². The first-order valence-corrected chi connectivity index (χ1v) is 16.5. The molecule has 246 valence electrons. The fourth-order valence-corrected chi connectivity index (χ4v) is 10.6. The van der Waals surface area contributed by atoms with Gasteiger partial charge in [-0.15, -0.1) is 0 Å². The molecular weight excluding hydrogens is 558 g/mol. The minimum absolute atomic E-state index is 0.0131. The van der Waals surface area contributed by atoms with Gasteiger partial charge in [-0.3, -0.25) is 4.79 Å². The van der Waals surface area contributed by atoms with Gasteiger partial charge in [0.05, 0.1) is 18.8 Å². The van der Waals surface area contributed by atoms with Gasteiger partial charge in [0.1, 0.15) is 18.3 Å². The number of carbonyl (C=O) groups is 2. The summed E-state index contributed by atoms with van der Waals surface area (Å²) in [6.07, 6.45) is 0.977. The monoisotopic (exact) mass is 611 g/mol. The Hall–Kier alpha value is -1.34. The van der Waals surface area contributed by atoms with Crippen molar-refractivity contribution < 1.29 is 49.7 Å². The van der Waals surface area contributed by atoms with E-state index in [9.17, 15) is 35.1 Å². The van der Waals surface area contributed by atoms with Gasteiger partial charge in [-0.2, -0.15) is 0 Å². The summed E-state index contributed by atoms with van der Waals surface area (Å²) < 4.78 is 11.5. The number of aliphatic carboxylic acids is 2. The third-order valence-corrected chi connectivity index (χ3v) is 12.9. The standard InChI is InChI=1S/C32H53NO10/c1-16(5-4-12-33-15-24(35)36)20-8-9-21-19-7-6-17-13-18(10-11-31(17,2)22(19)14-23(34)32(20,21)3)42-30-27(39)25(37)26(38)28(43-30)29(40)41/h16-23,25-28,30,33-34,37-39H,4-15H2,1-3H3,(H,35,36)(H,40,41)/t16-,17-,18-,19+,20-,21+,22+,23+,25+,26+,27-,28+,30-,31+,32-/m1/s1. The molecule has 11 heteroatoms. The van der Waals surface area contributed by atoms with Crippen molar-refractivity contribution in [3.8, 4) is 0 Å². The molecule has 0 aromatic rings. The van der Waals surface area contributed by atoms with Gasteiger partial charge in [-0.1, -0.05) is 20.8 Å². The smallest absolute Gasteiger partial charge is 0.335 e. The molecule has 0 aromatic carbocycles. The molecule has 0 amide bonds. The van der Waals surface area contributed by atoms with E-state index in [2.05, 4.69) is 26.1 Å². The Balaban J connectivity index is 1.21. The topological polar surface area (TPSA) is 186 Å². The highest BCUT2D eigenvalue weighted by Gasteiger charge is 2.64. The Kier molecular flexibility index (Phi) is 9.84. The molecular formula is C32H53NO10. The van der Waals surface area contributed by atoms with Gasteiger partial charge in [0.15, 0.2) is 12.4 Å². The van der Waals surface area contributed by atoms with Crippen molar-refractivity contribution in [2.24, 2.45) is 46.3 Å². The van der Waals surface area contributed by atoms with Crippen molar-refractivity contribution in [3.05, 3.63) is 0 Å². The SMILES string of the molecule is C[C@H](CCCNCC(=O)O)[C@H]1CC[C@H]2[C@@H]3CC[C@@H]4C[C@H](O[C@@H]5O[C@H](C(=O)O)[C@@H](O)[C@H](O)[C@H]5O)CC[C@]4(C)[C@H]3C[C@H](O)[C@]12C. The maximum atomic E-state index is 11.8. The molecule has 1 heterocycles. The number of fused-ring (bicyclic) bond motifs is 5. The molecule has 0 radical (unpaired) electrons. The Morgan fingerprint density at radius 1 is 0.953 bits per heavy atom. The van der Waals surface area contributed by atoms with Gasteiger partial charge < -0.3 is 45.4 Å². The van der Waals surface area contributed by atoms with Gasteiger partial charge in [0.25, 0.3) is 0 Å². The van der Waals surface area contributed by atoms with Crippen LogP contribution in [-0.2, 0) is 19.1 Å². The second-order valence-corrected chi connectivity index (χ2v) is 14.9. The fraction of sp³-hybridized carbons (Fsp3) is 0.938. The highest BCUT2D eigenvalue weighted by molar-refractivity contribution is 5.73. The van der Waals surface area contributed by atoms with Crippen LogP contribution in [-0.4, -0.2) is 98.6 Å². The van der Waals surface area contributed by atoms with Crippen molar-refractivity contribution in [1.29, 1.82) is 0 Å². The predicted molar refractivity (Wildman–Crippen MR) is 155 cm³/mol. The van der Waals surface area contributed by atoms with Crippen LogP contribution in [0, 0.1) is 46.3 Å². The summed E-state index contributed by atoms with van der Waals surface area (Å²) in [5, 5.41) is 63.8. The van der Waals surface area contributed by atoms with Crippen LogP contribution in [0.25, 0.3) is 0 Å². The van der Waals surface area contributed by atoms with Gasteiger partial charge in [-0.25, -0.2) is 4.79 Å². The highest BCUT2D eigenvalue weighted by Crippen LogP contribution is 2.68. The minimum atomic E-state index is -1.74. The van der Waals surface area contributed by atoms with Crippen LogP contribution in [0.1, 0.15) is 85.0 Å². The number of ether oxygens (including phenoxy) is 2. The summed E-state index contributed by atoms with van der Waals surface area (Å²) in [6, 6.07) is 0. The zero-order valence-electron chi connectivity index (χ0n) is 25.8. The van der Waals surface area contributed by atoms with Gasteiger partial charge >= 0.3 is 11.9 Å². The molecule has 5 fully saturated rings. The van der Waals surface area contributed by atoms with Crippen LogP contribution >= 0.6 is 0 Å². The summed E-state index contributed by atoms with van der Waals surface area (Å²) in [5.41, 5.74) is -0.0604. The summed E-state index contributed by atoms with van der Waals surface area (Å²) in [7, 11) is 0. The molecule has 4 saturated carbocycles. The number of aliphatic hydroxyl groups is 4. The number of hydrogen-bond donors (Lipinski definition) is 7. The van der Waals surface area contributed by atoms with E-state index in [1.807, 2.05) is 0 Å². The van der Waals surface area contributed by atoms with E-state index < -0.39 is 42.6 Å². The maximum absolute atomic E-state index is 11.8. The van der Waals surface area contributed by atoms with E-state index in [1.165, 1.54) is 0 Å². The summed E-state index contributed by atoms with van der Waals surface area (Å²) in [6.45, 7) is 7.70. The second-order valence-electron chi connectivity index (χ2n) is 14.9. The maximum Gasteiger partial charge on any atom is 0.335 e. The zero-order valence-corrected chi connectivity index (χ0v) is 25.8. The second kappa shape index (κ2) is 12.8. The number of nitrogens with one attached hydrogen (secondary N) is 1. The zero-order chi connectivity index (χ0) is 31.3. The van der Waals surface area contributed by atoms with Crippen molar-refractivity contribution in [3.63, 3.8) is 0 Å². The number of rotatable bonds is 10. The van der Waals surface area contributed by atoms with E-state index in [4.69, 9.17) is 14.6 Å². The fourth-order valence-electron chi connectivity index (χ4n) is 10.6. The first-order chi connectivity index (χ1) is 20.3. The molecule has 4 aliphatic carbocycles. The number of aliphatic hydroxyl groups excluding tert-OH is 4. The molecule has 0 unspecified atom stereocenters. The van der Waals surface area contributed by atoms with Crippen molar-refractivity contribution >= 4 is 11.9 Å². The summed E-state index contributed by atoms with van der Waals surface area (Å²) in [4.78, 5) is 22.3. The number of carboxylic acid groups (broad SMARTS) is 2. The van der Waals surface area contributed by atoms with Gasteiger partial charge in [0.2, 0.25) is 0 Å². The number of hydrogen-bond acceptors (Lipinski definition) is 9. The molecule has 5 rings (SSSR count). The largest absolute Gasteiger partial charge is 0.480 e. The van der Waals surface area contributed by atoms with E-state index >= 15 is 0 Å². The Bertz CT molecular complexity index is 1010. The van der Waals surface area contributed by atoms with Gasteiger partial charge in [0, 0.05) is 0 Å². The van der Waals surface area contributed by atoms with Crippen LogP contribution in [0.15, 0.2) is 0 Å². The molecule has 0 spiro atoms. The molecule has 1 aliphatic heterocycles. The lowest BCUT2D eigenvalue weighted by Gasteiger charge is -2.62. The number of carboxylic acids is 2. The molecule has 0 aromatic heterocycles. The Morgan fingerprint density at radius 3 is 2.40 bits per heavy atom. The molecule has 15 atom stereocenters. The van der Waals surface area contributed by atoms with Crippen LogP contribution in [0.4, 0.5) is 0 Å². The predicted octanol–water partition coefficient (Wildman–Crippen LogP) is 1.98. The van der Waals surface area contributed by atoms with Crippen molar-refractivity contribution in [2.75, 3.05) is 13.1 Å². The molecule has 5 aliphatic rings. The Morgan fingerprint density at radius 2 is 1.70 bits per heavy atom. The lowest BCUT2D eigenvalue weighted by atomic mass is 9.43. The van der Waals surface area contributed by atoms with E-state index in [-0.39, 0.29) is 29.6 Å². The van der Waals surface area contributed by atoms with Crippen LogP contribution < -0.4 is 5.32 Å². The average molecular weight is 612 g/mol. The van der Waals surface area contributed by atoms with E-state index in [0.29, 0.717) is 48.5 Å². The van der Waals surface area contributed by atoms with Crippen molar-refractivity contribution in [1.82, 2.24) is 5.32 Å². The van der Waals surface area contributed by atoms with Gasteiger partial charge in [-0.05, 0) is 117 Å². The summed E-state index contributed by atoms with van der Waals surface area (Å²) in [5.74, 6) is 0.494. The molecule has 43 heavy (non-hydrogen) atoms. The third kappa shape index (κ3) is 6.00. The average Bonchev–Trinajstić information content (AvgIpc) is 3.32. The first-order valence-electron chi connectivity index (χ1n) is 16.5. The van der Waals surface area contributed by atoms with E-state index in [0.717, 1.165) is 57.8 Å². The Labute approximate surface area is 254 Å². The molecule has 7 N–H and O–H groups in total. The molecule has 1 saturated heterocycles. The normalized spacial score (nSPS) is 48.5. The van der Waals surface area contributed by atoms with E-state index in [1.54, 1.807) is 0 Å². The third-order valence-electron chi connectivity index (χ3n) is 12.9. The summed E-state index contributed by atoms with van der Waals surface area (Å²) >= 11 is 0. The molecule has 11 nitrogen and oxygen atoms in total. The first kappa shape index (κ1) is 33.0. The van der Waals surface area contributed by atoms with Crippen molar-refractivity contribution in [2.45, 2.75) is 128 Å². The lowest BCUT2D eigenvalue weighted by molar-refractivity contribution is -0.310. The molecule has 0 bridgehead atoms. The van der Waals surface area contributed by atoms with Crippen LogP contribution in [0.5, 0.6) is 0 Å². The highest BCUT2D eigenvalue weighted by atomic mass is 16.7. The van der Waals surface area contributed by atoms with Crippen LogP contribution in [0.2, 0.25) is 0 Å². The lowest BCUT2D eigenvalue weighted by Crippen LogP contribution is -2.61. The minimum Gasteiger partial charge on any atom is -0.480 e. The quantitative estimate of drug-likeness (QED) is 0.141.